The number of aliphatic hydroxyl groups excluding tert-OH is 1. The third kappa shape index (κ3) is 4.51. The Bertz CT molecular complexity index is 879. The van der Waals surface area contributed by atoms with Gasteiger partial charge in [-0.2, -0.15) is 5.10 Å². The van der Waals surface area contributed by atoms with Crippen LogP contribution in [0, 0.1) is 5.82 Å². The zero-order valence-corrected chi connectivity index (χ0v) is 13.5. The molecule has 0 fully saturated rings. The van der Waals surface area contributed by atoms with Crippen LogP contribution in [0.4, 0.5) is 10.1 Å². The molecule has 0 saturated heterocycles. The van der Waals surface area contributed by atoms with Crippen molar-refractivity contribution < 1.29 is 9.50 Å². The predicted octanol–water partition coefficient (Wildman–Crippen LogP) is 2.58. The van der Waals surface area contributed by atoms with Gasteiger partial charge < -0.3 is 10.4 Å². The summed E-state index contributed by atoms with van der Waals surface area (Å²) in [7, 11) is 0. The lowest BCUT2D eigenvalue weighted by atomic mass is 10.1. The van der Waals surface area contributed by atoms with Gasteiger partial charge in [-0.3, -0.25) is 4.79 Å². The largest absolute Gasteiger partial charge is 0.387 e. The first-order valence-electron chi connectivity index (χ1n) is 7.90. The van der Waals surface area contributed by atoms with Crippen molar-refractivity contribution in [2.24, 2.45) is 0 Å². The second-order valence-corrected chi connectivity index (χ2v) is 5.67. The lowest BCUT2D eigenvalue weighted by Gasteiger charge is -2.13. The fourth-order valence-electron chi connectivity index (χ4n) is 2.42. The molecule has 5 nitrogen and oxygen atoms in total. The minimum Gasteiger partial charge on any atom is -0.387 e. The first kappa shape index (κ1) is 16.9. The maximum Gasteiger partial charge on any atom is 0.269 e. The Morgan fingerprint density at radius 2 is 1.84 bits per heavy atom. The predicted molar refractivity (Wildman–Crippen MR) is 93.9 cm³/mol. The summed E-state index contributed by atoms with van der Waals surface area (Å²) >= 11 is 0. The highest BCUT2D eigenvalue weighted by Gasteiger charge is 2.08. The standard InChI is InChI=1S/C19H18FN3O2/c20-16-8-6-15(7-9-16)18(24)12-21-17-10-19(25)23(22-11-17)13-14-4-2-1-3-5-14/h1-11,18,21,24H,12-13H2. The number of rotatable bonds is 6. The van der Waals surface area contributed by atoms with Gasteiger partial charge in [0, 0.05) is 12.6 Å². The number of hydrogen-bond acceptors (Lipinski definition) is 4. The minimum absolute atomic E-state index is 0.190. The van der Waals surface area contributed by atoms with E-state index in [9.17, 15) is 14.3 Å². The molecule has 1 heterocycles. The summed E-state index contributed by atoms with van der Waals surface area (Å²) in [5.74, 6) is -0.352. The van der Waals surface area contributed by atoms with Crippen molar-refractivity contribution in [2.75, 3.05) is 11.9 Å². The Morgan fingerprint density at radius 3 is 2.52 bits per heavy atom. The zero-order chi connectivity index (χ0) is 17.6. The summed E-state index contributed by atoms with van der Waals surface area (Å²) in [6.45, 7) is 0.591. The number of anilines is 1. The van der Waals surface area contributed by atoms with Gasteiger partial charge in [-0.05, 0) is 23.3 Å². The van der Waals surface area contributed by atoms with E-state index in [1.54, 1.807) is 6.20 Å². The molecule has 128 valence electrons. The Morgan fingerprint density at radius 1 is 1.12 bits per heavy atom. The molecule has 2 aromatic carbocycles. The van der Waals surface area contributed by atoms with Crippen molar-refractivity contribution in [1.29, 1.82) is 0 Å². The second kappa shape index (κ2) is 7.72. The van der Waals surface area contributed by atoms with Crippen LogP contribution in [-0.2, 0) is 6.54 Å². The molecule has 1 atom stereocenters. The molecule has 0 aliphatic carbocycles. The normalized spacial score (nSPS) is 11.9. The van der Waals surface area contributed by atoms with Gasteiger partial charge in [0.15, 0.2) is 0 Å². The van der Waals surface area contributed by atoms with E-state index >= 15 is 0 Å². The van der Waals surface area contributed by atoms with Crippen LogP contribution in [0.25, 0.3) is 0 Å². The summed E-state index contributed by atoms with van der Waals surface area (Å²) < 4.78 is 14.3. The average molecular weight is 339 g/mol. The monoisotopic (exact) mass is 339 g/mol. The third-order valence-corrected chi connectivity index (χ3v) is 3.80. The Labute approximate surface area is 144 Å². The zero-order valence-electron chi connectivity index (χ0n) is 13.5. The number of hydrogen-bond donors (Lipinski definition) is 2. The summed E-state index contributed by atoms with van der Waals surface area (Å²) in [5, 5.41) is 17.2. The number of aliphatic hydroxyl groups is 1. The SMILES string of the molecule is O=c1cc(NCC(O)c2ccc(F)cc2)cnn1Cc1ccccc1. The molecule has 0 saturated carbocycles. The van der Waals surface area contributed by atoms with Gasteiger partial charge in [0.1, 0.15) is 5.82 Å². The lowest BCUT2D eigenvalue weighted by Crippen LogP contribution is -2.23. The number of nitrogens with zero attached hydrogens (tertiary/aromatic N) is 2. The van der Waals surface area contributed by atoms with Crippen molar-refractivity contribution >= 4 is 5.69 Å². The van der Waals surface area contributed by atoms with Crippen molar-refractivity contribution in [3.05, 3.63) is 94.2 Å². The maximum atomic E-state index is 12.9. The molecule has 0 aliphatic heterocycles. The topological polar surface area (TPSA) is 67.2 Å². The molecule has 0 bridgehead atoms. The van der Waals surface area contributed by atoms with Crippen molar-refractivity contribution in [1.82, 2.24) is 9.78 Å². The maximum absolute atomic E-state index is 12.9. The van der Waals surface area contributed by atoms with Gasteiger partial charge in [0.05, 0.1) is 24.5 Å². The Balaban J connectivity index is 1.63. The van der Waals surface area contributed by atoms with E-state index < -0.39 is 6.10 Å². The van der Waals surface area contributed by atoms with Crippen LogP contribution in [0.3, 0.4) is 0 Å². The average Bonchev–Trinajstić information content (AvgIpc) is 2.63. The Hall–Kier alpha value is -2.99. The molecule has 3 aromatic rings. The fraction of sp³-hybridized carbons (Fsp3) is 0.158. The highest BCUT2D eigenvalue weighted by molar-refractivity contribution is 5.39. The van der Waals surface area contributed by atoms with E-state index in [-0.39, 0.29) is 17.9 Å². The summed E-state index contributed by atoms with van der Waals surface area (Å²) in [6, 6.07) is 16.7. The van der Waals surface area contributed by atoms with Crippen molar-refractivity contribution in [2.45, 2.75) is 12.6 Å². The number of halogens is 1. The van der Waals surface area contributed by atoms with Crippen LogP contribution in [0.2, 0.25) is 0 Å². The van der Waals surface area contributed by atoms with Crippen LogP contribution in [-0.4, -0.2) is 21.4 Å². The van der Waals surface area contributed by atoms with Crippen LogP contribution in [0.1, 0.15) is 17.2 Å². The first-order chi connectivity index (χ1) is 12.1. The molecule has 1 aromatic heterocycles. The molecule has 1 unspecified atom stereocenters. The van der Waals surface area contributed by atoms with E-state index in [0.717, 1.165) is 5.56 Å². The van der Waals surface area contributed by atoms with Gasteiger partial charge in [0.2, 0.25) is 0 Å². The van der Waals surface area contributed by atoms with Gasteiger partial charge in [-0.1, -0.05) is 42.5 Å². The van der Waals surface area contributed by atoms with Crippen LogP contribution < -0.4 is 10.9 Å². The van der Waals surface area contributed by atoms with Gasteiger partial charge in [0.25, 0.3) is 5.56 Å². The number of benzene rings is 2. The molecule has 3 rings (SSSR count). The van der Waals surface area contributed by atoms with Crippen LogP contribution in [0.15, 0.2) is 71.7 Å². The third-order valence-electron chi connectivity index (χ3n) is 3.80. The molecular weight excluding hydrogens is 321 g/mol. The highest BCUT2D eigenvalue weighted by atomic mass is 19.1. The molecule has 2 N–H and O–H groups in total. The van der Waals surface area contributed by atoms with E-state index in [2.05, 4.69) is 10.4 Å². The molecule has 0 radical (unpaired) electrons. The molecule has 0 spiro atoms. The van der Waals surface area contributed by atoms with Gasteiger partial charge in [-0.15, -0.1) is 0 Å². The number of aromatic nitrogens is 2. The van der Waals surface area contributed by atoms with E-state index in [1.807, 2.05) is 30.3 Å². The van der Waals surface area contributed by atoms with E-state index in [0.29, 0.717) is 17.8 Å². The number of nitrogens with one attached hydrogen (secondary N) is 1. The smallest absolute Gasteiger partial charge is 0.269 e. The van der Waals surface area contributed by atoms with Gasteiger partial charge >= 0.3 is 0 Å². The lowest BCUT2D eigenvalue weighted by molar-refractivity contribution is 0.191. The van der Waals surface area contributed by atoms with Crippen molar-refractivity contribution in [3.63, 3.8) is 0 Å². The summed E-state index contributed by atoms with van der Waals surface area (Å²) in [4.78, 5) is 12.2. The highest BCUT2D eigenvalue weighted by Crippen LogP contribution is 2.14. The Kier molecular flexibility index (Phi) is 5.20. The first-order valence-corrected chi connectivity index (χ1v) is 7.90. The molecule has 0 amide bonds. The molecule has 0 aliphatic rings. The molecule has 25 heavy (non-hydrogen) atoms. The summed E-state index contributed by atoms with van der Waals surface area (Å²) in [6.07, 6.45) is 0.731. The molecular formula is C19H18FN3O2. The van der Waals surface area contributed by atoms with E-state index in [1.165, 1.54) is 35.0 Å². The summed E-state index contributed by atoms with van der Waals surface area (Å²) in [5.41, 5.74) is 1.88. The van der Waals surface area contributed by atoms with Crippen LogP contribution >= 0.6 is 0 Å². The molecule has 6 heteroatoms. The minimum atomic E-state index is -0.813. The van der Waals surface area contributed by atoms with Crippen molar-refractivity contribution in [3.8, 4) is 0 Å². The van der Waals surface area contributed by atoms with E-state index in [4.69, 9.17) is 0 Å². The second-order valence-electron chi connectivity index (χ2n) is 5.67. The fourth-order valence-corrected chi connectivity index (χ4v) is 2.42. The quantitative estimate of drug-likeness (QED) is 0.724. The van der Waals surface area contributed by atoms with Gasteiger partial charge in [-0.25, -0.2) is 9.07 Å². The van der Waals surface area contributed by atoms with Crippen LogP contribution in [0.5, 0.6) is 0 Å².